The summed E-state index contributed by atoms with van der Waals surface area (Å²) in [6.45, 7) is 7.79. The number of nitrogens with one attached hydrogen (secondary N) is 1. The number of aromatic nitrogens is 2. The van der Waals surface area contributed by atoms with E-state index in [1.165, 1.54) is 0 Å². The normalized spacial score (nSPS) is 13.1. The van der Waals surface area contributed by atoms with Crippen molar-refractivity contribution in [3.05, 3.63) is 10.6 Å². The monoisotopic (exact) mass is 257 g/mol. The third-order valence-electron chi connectivity index (χ3n) is 2.58. The number of aliphatic hydroxyl groups excluding tert-OH is 1. The average molecular weight is 257 g/mol. The maximum absolute atomic E-state index is 12.0. The molecular formula is C11H19N3O2S. The highest BCUT2D eigenvalue weighted by atomic mass is 32.1. The number of aliphatic hydroxyl groups is 1. The van der Waals surface area contributed by atoms with E-state index in [1.807, 2.05) is 27.7 Å². The van der Waals surface area contributed by atoms with Crippen LogP contribution in [-0.4, -0.2) is 33.2 Å². The first kappa shape index (κ1) is 14.1. The molecule has 1 heterocycles. The van der Waals surface area contributed by atoms with Gasteiger partial charge in [0.1, 0.15) is 4.88 Å². The van der Waals surface area contributed by atoms with Crippen molar-refractivity contribution in [3.8, 4) is 0 Å². The highest BCUT2D eigenvalue weighted by Gasteiger charge is 2.22. The van der Waals surface area contributed by atoms with Crippen LogP contribution in [0, 0.1) is 5.92 Å². The molecule has 5 nitrogen and oxygen atoms in total. The van der Waals surface area contributed by atoms with Crippen LogP contribution in [0.3, 0.4) is 0 Å². The summed E-state index contributed by atoms with van der Waals surface area (Å²) in [6.07, 6.45) is 0. The first-order valence-electron chi connectivity index (χ1n) is 5.71. The standard InChI is InChI=1S/C11H19N3O2S/c1-6(2)8(5-15)12-11(16)10-9(7(3)4)13-14-17-10/h6-8,15H,5H2,1-4H3,(H,12,16). The van der Waals surface area contributed by atoms with Gasteiger partial charge in [-0.05, 0) is 23.4 Å². The summed E-state index contributed by atoms with van der Waals surface area (Å²) in [5.74, 6) is 0.157. The van der Waals surface area contributed by atoms with E-state index in [1.54, 1.807) is 0 Å². The van der Waals surface area contributed by atoms with Crippen LogP contribution in [0.25, 0.3) is 0 Å². The van der Waals surface area contributed by atoms with Crippen molar-refractivity contribution in [2.24, 2.45) is 5.92 Å². The fraction of sp³-hybridized carbons (Fsp3) is 0.727. The Labute approximate surface area is 105 Å². The zero-order chi connectivity index (χ0) is 13.0. The summed E-state index contributed by atoms with van der Waals surface area (Å²) < 4.78 is 3.81. The number of hydrogen-bond acceptors (Lipinski definition) is 5. The third kappa shape index (κ3) is 3.47. The molecule has 0 aliphatic rings. The minimum Gasteiger partial charge on any atom is -0.394 e. The number of carbonyl (C=O) groups is 1. The maximum atomic E-state index is 12.0. The predicted molar refractivity (Wildman–Crippen MR) is 67.2 cm³/mol. The first-order chi connectivity index (χ1) is 7.97. The van der Waals surface area contributed by atoms with Crippen LogP contribution < -0.4 is 5.32 Å². The van der Waals surface area contributed by atoms with Crippen molar-refractivity contribution >= 4 is 17.4 Å². The van der Waals surface area contributed by atoms with Gasteiger partial charge in [-0.25, -0.2) is 0 Å². The van der Waals surface area contributed by atoms with Gasteiger partial charge in [0, 0.05) is 0 Å². The lowest BCUT2D eigenvalue weighted by atomic mass is 10.0. The Balaban J connectivity index is 2.79. The summed E-state index contributed by atoms with van der Waals surface area (Å²) in [6, 6.07) is -0.232. The summed E-state index contributed by atoms with van der Waals surface area (Å²) in [5, 5.41) is 15.9. The van der Waals surface area contributed by atoms with Gasteiger partial charge in [0.05, 0.1) is 18.3 Å². The first-order valence-corrected chi connectivity index (χ1v) is 6.48. The van der Waals surface area contributed by atoms with Crippen molar-refractivity contribution in [1.29, 1.82) is 0 Å². The molecule has 0 saturated heterocycles. The van der Waals surface area contributed by atoms with Gasteiger partial charge in [-0.1, -0.05) is 32.2 Å². The highest BCUT2D eigenvalue weighted by molar-refractivity contribution is 7.08. The van der Waals surface area contributed by atoms with Crippen LogP contribution in [0.5, 0.6) is 0 Å². The van der Waals surface area contributed by atoms with E-state index in [9.17, 15) is 9.90 Å². The molecule has 0 aliphatic carbocycles. The van der Waals surface area contributed by atoms with Crippen LogP contribution in [-0.2, 0) is 0 Å². The van der Waals surface area contributed by atoms with Crippen molar-refractivity contribution < 1.29 is 9.90 Å². The Bertz CT molecular complexity index is 377. The van der Waals surface area contributed by atoms with Gasteiger partial charge in [0.15, 0.2) is 0 Å². The minimum atomic E-state index is -0.232. The van der Waals surface area contributed by atoms with Crippen LogP contribution in [0.1, 0.15) is 49.0 Å². The lowest BCUT2D eigenvalue weighted by Gasteiger charge is -2.19. The van der Waals surface area contributed by atoms with Gasteiger partial charge >= 0.3 is 0 Å². The van der Waals surface area contributed by atoms with Crippen molar-refractivity contribution in [1.82, 2.24) is 14.9 Å². The SMILES string of the molecule is CC(C)c1nnsc1C(=O)NC(CO)C(C)C. The number of carbonyl (C=O) groups excluding carboxylic acids is 1. The Morgan fingerprint density at radius 1 is 1.41 bits per heavy atom. The highest BCUT2D eigenvalue weighted by Crippen LogP contribution is 2.19. The molecule has 0 radical (unpaired) electrons. The molecule has 0 aromatic carbocycles. The van der Waals surface area contributed by atoms with Gasteiger partial charge in [0.2, 0.25) is 0 Å². The van der Waals surface area contributed by atoms with E-state index in [4.69, 9.17) is 0 Å². The molecule has 1 amide bonds. The summed E-state index contributed by atoms with van der Waals surface area (Å²) >= 11 is 1.10. The lowest BCUT2D eigenvalue weighted by molar-refractivity contribution is 0.0899. The molecular weight excluding hydrogens is 238 g/mol. The number of hydrogen-bond donors (Lipinski definition) is 2. The molecule has 0 spiro atoms. The second kappa shape index (κ2) is 6.07. The van der Waals surface area contributed by atoms with Crippen LogP contribution in [0.15, 0.2) is 0 Å². The molecule has 6 heteroatoms. The second-order valence-electron chi connectivity index (χ2n) is 4.65. The average Bonchev–Trinajstić information content (AvgIpc) is 2.73. The molecule has 1 aromatic rings. The Morgan fingerprint density at radius 3 is 2.53 bits per heavy atom. The zero-order valence-corrected chi connectivity index (χ0v) is 11.4. The Morgan fingerprint density at radius 2 is 2.06 bits per heavy atom. The topological polar surface area (TPSA) is 75.1 Å². The van der Waals surface area contributed by atoms with Gasteiger partial charge in [-0.15, -0.1) is 5.10 Å². The predicted octanol–water partition coefficient (Wildman–Crippen LogP) is 1.41. The Kier molecular flexibility index (Phi) is 5.02. The molecule has 1 unspecified atom stereocenters. The molecule has 0 aliphatic heterocycles. The second-order valence-corrected chi connectivity index (χ2v) is 5.40. The molecule has 17 heavy (non-hydrogen) atoms. The minimum absolute atomic E-state index is 0.0628. The van der Waals surface area contributed by atoms with E-state index in [0.29, 0.717) is 10.6 Å². The van der Waals surface area contributed by atoms with E-state index >= 15 is 0 Å². The fourth-order valence-electron chi connectivity index (χ4n) is 1.39. The molecule has 1 rings (SSSR count). The molecule has 0 saturated carbocycles. The van der Waals surface area contributed by atoms with E-state index < -0.39 is 0 Å². The summed E-state index contributed by atoms with van der Waals surface area (Å²) in [4.78, 5) is 12.6. The molecule has 0 fully saturated rings. The van der Waals surface area contributed by atoms with Gasteiger partial charge in [-0.3, -0.25) is 4.79 Å². The van der Waals surface area contributed by atoms with Crippen molar-refractivity contribution in [2.75, 3.05) is 6.61 Å². The summed E-state index contributed by atoms with van der Waals surface area (Å²) in [7, 11) is 0. The number of nitrogens with zero attached hydrogens (tertiary/aromatic N) is 2. The Hall–Kier alpha value is -1.01. The number of amides is 1. The van der Waals surface area contributed by atoms with Crippen molar-refractivity contribution in [2.45, 2.75) is 39.7 Å². The van der Waals surface area contributed by atoms with E-state index in [2.05, 4.69) is 14.9 Å². The maximum Gasteiger partial charge on any atom is 0.265 e. The van der Waals surface area contributed by atoms with Crippen LogP contribution in [0.2, 0.25) is 0 Å². The fourth-order valence-corrected chi connectivity index (χ4v) is 2.11. The van der Waals surface area contributed by atoms with E-state index in [0.717, 1.165) is 11.5 Å². The van der Waals surface area contributed by atoms with Crippen LogP contribution >= 0.6 is 11.5 Å². The van der Waals surface area contributed by atoms with Gasteiger partial charge in [-0.2, -0.15) is 0 Å². The smallest absolute Gasteiger partial charge is 0.265 e. The number of rotatable bonds is 5. The molecule has 1 atom stereocenters. The van der Waals surface area contributed by atoms with Crippen LogP contribution in [0.4, 0.5) is 0 Å². The largest absolute Gasteiger partial charge is 0.394 e. The van der Waals surface area contributed by atoms with Gasteiger partial charge in [0.25, 0.3) is 5.91 Å². The summed E-state index contributed by atoms with van der Waals surface area (Å²) in [5.41, 5.74) is 0.716. The lowest BCUT2D eigenvalue weighted by Crippen LogP contribution is -2.41. The molecule has 0 bridgehead atoms. The van der Waals surface area contributed by atoms with E-state index in [-0.39, 0.29) is 30.4 Å². The molecule has 96 valence electrons. The quantitative estimate of drug-likeness (QED) is 0.836. The third-order valence-corrected chi connectivity index (χ3v) is 3.32. The molecule has 1 aromatic heterocycles. The van der Waals surface area contributed by atoms with Gasteiger partial charge < -0.3 is 10.4 Å². The van der Waals surface area contributed by atoms with Crippen molar-refractivity contribution in [3.63, 3.8) is 0 Å². The zero-order valence-electron chi connectivity index (χ0n) is 10.6. The molecule has 2 N–H and O–H groups in total.